The van der Waals surface area contributed by atoms with E-state index in [0.29, 0.717) is 17.5 Å². The van der Waals surface area contributed by atoms with Crippen LogP contribution in [0.15, 0.2) is 30.3 Å². The first kappa shape index (κ1) is 15.1. The molecule has 2 N–H and O–H groups in total. The van der Waals surface area contributed by atoms with E-state index in [1.807, 2.05) is 31.2 Å². The van der Waals surface area contributed by atoms with Crippen LogP contribution in [-0.2, 0) is 4.79 Å². The largest absolute Gasteiger partial charge is 0.481 e. The van der Waals surface area contributed by atoms with E-state index in [4.69, 9.17) is 4.74 Å². The van der Waals surface area contributed by atoms with Crippen LogP contribution in [0, 0.1) is 6.92 Å². The third-order valence-electron chi connectivity index (χ3n) is 3.19. The number of rotatable bonds is 5. The molecule has 1 heterocycles. The molecule has 1 atom stereocenters. The highest BCUT2D eigenvalue weighted by Crippen LogP contribution is 2.19. The molecular weight excluding hydrogens is 266 g/mol. The molecule has 112 valence electrons. The Labute approximate surface area is 124 Å². The predicted octanol–water partition coefficient (Wildman–Crippen LogP) is 3.25. The van der Waals surface area contributed by atoms with Crippen molar-refractivity contribution < 1.29 is 9.53 Å². The summed E-state index contributed by atoms with van der Waals surface area (Å²) in [6, 6.07) is 9.57. The first-order valence-electron chi connectivity index (χ1n) is 7.05. The van der Waals surface area contributed by atoms with Gasteiger partial charge < -0.3 is 10.1 Å². The molecule has 5 nitrogen and oxygen atoms in total. The van der Waals surface area contributed by atoms with Crippen LogP contribution in [0.25, 0.3) is 0 Å². The molecule has 5 heteroatoms. The number of ether oxygens (including phenoxy) is 1. The normalized spacial score (nSPS) is 12.2. The van der Waals surface area contributed by atoms with Crippen molar-refractivity contribution in [1.29, 1.82) is 0 Å². The van der Waals surface area contributed by atoms with Gasteiger partial charge in [-0.3, -0.25) is 9.89 Å². The minimum Gasteiger partial charge on any atom is -0.481 e. The van der Waals surface area contributed by atoms with E-state index in [1.165, 1.54) is 5.56 Å². The summed E-state index contributed by atoms with van der Waals surface area (Å²) in [7, 11) is 0. The summed E-state index contributed by atoms with van der Waals surface area (Å²) < 4.78 is 5.64. The van der Waals surface area contributed by atoms with E-state index >= 15 is 0 Å². The number of carbonyl (C=O) groups is 1. The summed E-state index contributed by atoms with van der Waals surface area (Å²) in [5.74, 6) is 1.43. The maximum atomic E-state index is 12.0. The molecule has 0 saturated carbocycles. The summed E-state index contributed by atoms with van der Waals surface area (Å²) in [6.07, 6.45) is -0.591. The molecule has 2 rings (SSSR count). The molecule has 1 aromatic heterocycles. The number of aromatic amines is 1. The van der Waals surface area contributed by atoms with Crippen molar-refractivity contribution in [3.63, 3.8) is 0 Å². The lowest BCUT2D eigenvalue weighted by Crippen LogP contribution is -2.30. The maximum absolute atomic E-state index is 12.0. The molecule has 1 amide bonds. The van der Waals surface area contributed by atoms with Crippen LogP contribution < -0.4 is 10.1 Å². The van der Waals surface area contributed by atoms with Gasteiger partial charge in [0.05, 0.1) is 0 Å². The van der Waals surface area contributed by atoms with Gasteiger partial charge in [0.25, 0.3) is 5.91 Å². The van der Waals surface area contributed by atoms with Crippen molar-refractivity contribution in [3.05, 3.63) is 41.6 Å². The van der Waals surface area contributed by atoms with Crippen LogP contribution in [0.3, 0.4) is 0 Å². The Morgan fingerprint density at radius 1 is 1.24 bits per heavy atom. The second kappa shape index (κ2) is 6.43. The van der Waals surface area contributed by atoms with Gasteiger partial charge in [-0.25, -0.2) is 0 Å². The fourth-order valence-corrected chi connectivity index (χ4v) is 1.90. The lowest BCUT2D eigenvalue weighted by molar-refractivity contribution is -0.122. The smallest absolute Gasteiger partial charge is 0.266 e. The zero-order valence-electron chi connectivity index (χ0n) is 12.8. The number of nitrogens with zero attached hydrogens (tertiary/aromatic N) is 1. The van der Waals surface area contributed by atoms with Crippen LogP contribution >= 0.6 is 0 Å². The van der Waals surface area contributed by atoms with E-state index in [9.17, 15) is 4.79 Å². The van der Waals surface area contributed by atoms with Crippen molar-refractivity contribution in [2.75, 3.05) is 5.32 Å². The lowest BCUT2D eigenvalue weighted by atomic mass is 10.0. The second-order valence-electron chi connectivity index (χ2n) is 5.41. The molecule has 0 aliphatic carbocycles. The van der Waals surface area contributed by atoms with E-state index in [0.717, 1.165) is 5.69 Å². The number of benzene rings is 1. The minimum absolute atomic E-state index is 0.227. The lowest BCUT2D eigenvalue weighted by Gasteiger charge is -2.14. The van der Waals surface area contributed by atoms with Gasteiger partial charge in [0.1, 0.15) is 5.75 Å². The van der Waals surface area contributed by atoms with Crippen LogP contribution in [0.1, 0.15) is 37.9 Å². The number of amides is 1. The molecule has 0 aliphatic rings. The molecule has 0 radical (unpaired) electrons. The first-order chi connectivity index (χ1) is 9.95. The Morgan fingerprint density at radius 3 is 2.43 bits per heavy atom. The molecule has 0 bridgehead atoms. The van der Waals surface area contributed by atoms with E-state index in [-0.39, 0.29) is 5.91 Å². The Kier molecular flexibility index (Phi) is 4.62. The van der Waals surface area contributed by atoms with Crippen molar-refractivity contribution in [2.45, 2.75) is 39.7 Å². The summed E-state index contributed by atoms with van der Waals surface area (Å²) in [5, 5.41) is 9.44. The molecular formula is C16H21N3O2. The zero-order chi connectivity index (χ0) is 15.4. The molecule has 0 aliphatic heterocycles. The molecule has 0 fully saturated rings. The molecule has 0 saturated heterocycles. The summed E-state index contributed by atoms with van der Waals surface area (Å²) >= 11 is 0. The molecule has 0 spiro atoms. The third kappa shape index (κ3) is 4.08. The second-order valence-corrected chi connectivity index (χ2v) is 5.41. The topological polar surface area (TPSA) is 67.0 Å². The van der Waals surface area contributed by atoms with Crippen LogP contribution in [0.5, 0.6) is 5.75 Å². The summed E-state index contributed by atoms with van der Waals surface area (Å²) in [6.45, 7) is 7.86. The van der Waals surface area contributed by atoms with Crippen LogP contribution in [-0.4, -0.2) is 22.2 Å². The van der Waals surface area contributed by atoms with Gasteiger partial charge in [0.2, 0.25) is 0 Å². The minimum atomic E-state index is -0.591. The van der Waals surface area contributed by atoms with E-state index in [2.05, 4.69) is 29.4 Å². The number of anilines is 1. The van der Waals surface area contributed by atoms with Gasteiger partial charge in [-0.2, -0.15) is 5.10 Å². The van der Waals surface area contributed by atoms with Gasteiger partial charge in [0.15, 0.2) is 11.9 Å². The third-order valence-corrected chi connectivity index (χ3v) is 3.19. The predicted molar refractivity (Wildman–Crippen MR) is 82.6 cm³/mol. The van der Waals surface area contributed by atoms with Crippen molar-refractivity contribution in [1.82, 2.24) is 10.2 Å². The van der Waals surface area contributed by atoms with Gasteiger partial charge in [0, 0.05) is 11.8 Å². The molecule has 21 heavy (non-hydrogen) atoms. The Hall–Kier alpha value is -2.30. The average molecular weight is 287 g/mol. The number of aromatic nitrogens is 2. The van der Waals surface area contributed by atoms with Crippen LogP contribution in [0.2, 0.25) is 0 Å². The fraction of sp³-hybridized carbons (Fsp3) is 0.375. The Balaban J connectivity index is 1.93. The van der Waals surface area contributed by atoms with Gasteiger partial charge >= 0.3 is 0 Å². The number of H-pyrrole nitrogens is 1. The molecule has 1 unspecified atom stereocenters. The summed E-state index contributed by atoms with van der Waals surface area (Å²) in [5.41, 5.74) is 2.13. The Morgan fingerprint density at radius 2 is 1.90 bits per heavy atom. The number of hydrogen-bond acceptors (Lipinski definition) is 3. The van der Waals surface area contributed by atoms with E-state index < -0.39 is 6.10 Å². The summed E-state index contributed by atoms with van der Waals surface area (Å²) in [4.78, 5) is 12.0. The standard InChI is InChI=1S/C16H21N3O2/c1-10(2)13-5-7-14(8-6-13)21-12(4)16(20)17-15-9-11(3)18-19-15/h5-10,12H,1-4H3,(H2,17,18,19,20). The van der Waals surface area contributed by atoms with Gasteiger partial charge in [-0.1, -0.05) is 26.0 Å². The SMILES string of the molecule is Cc1cc(NC(=O)C(C)Oc2ccc(C(C)C)cc2)n[nH]1. The zero-order valence-corrected chi connectivity index (χ0v) is 12.8. The maximum Gasteiger partial charge on any atom is 0.266 e. The van der Waals surface area contributed by atoms with E-state index in [1.54, 1.807) is 13.0 Å². The number of carbonyl (C=O) groups excluding carboxylic acids is 1. The van der Waals surface area contributed by atoms with Gasteiger partial charge in [-0.05, 0) is 37.5 Å². The number of aryl methyl sites for hydroxylation is 1. The molecule has 1 aromatic carbocycles. The van der Waals surface area contributed by atoms with Crippen LogP contribution in [0.4, 0.5) is 5.82 Å². The molecule has 2 aromatic rings. The fourth-order valence-electron chi connectivity index (χ4n) is 1.90. The first-order valence-corrected chi connectivity index (χ1v) is 7.05. The van der Waals surface area contributed by atoms with Crippen molar-refractivity contribution in [2.24, 2.45) is 0 Å². The highest BCUT2D eigenvalue weighted by molar-refractivity contribution is 5.93. The van der Waals surface area contributed by atoms with Gasteiger partial charge in [-0.15, -0.1) is 0 Å². The number of hydrogen-bond donors (Lipinski definition) is 2. The number of nitrogens with one attached hydrogen (secondary N) is 2. The Bertz CT molecular complexity index is 602. The average Bonchev–Trinajstić information content (AvgIpc) is 2.84. The monoisotopic (exact) mass is 287 g/mol. The van der Waals surface area contributed by atoms with Crippen molar-refractivity contribution in [3.8, 4) is 5.75 Å². The quantitative estimate of drug-likeness (QED) is 0.887. The highest BCUT2D eigenvalue weighted by atomic mass is 16.5. The van der Waals surface area contributed by atoms with Crippen molar-refractivity contribution >= 4 is 11.7 Å². The highest BCUT2D eigenvalue weighted by Gasteiger charge is 2.16.